The minimum Gasteiger partial charge on any atom is -0.369 e. The van der Waals surface area contributed by atoms with Gasteiger partial charge < -0.3 is 10.6 Å². The van der Waals surface area contributed by atoms with Gasteiger partial charge in [-0.15, -0.1) is 0 Å². The number of nitrogens with two attached hydrogens (primary N) is 1. The lowest BCUT2D eigenvalue weighted by molar-refractivity contribution is -0.121. The second-order valence-electron chi connectivity index (χ2n) is 4.51. The van der Waals surface area contributed by atoms with E-state index >= 15 is 0 Å². The minimum absolute atomic E-state index is 0.0159. The first-order valence-electron chi connectivity index (χ1n) is 5.80. The van der Waals surface area contributed by atoms with Gasteiger partial charge in [0.2, 0.25) is 5.91 Å². The second kappa shape index (κ2) is 4.65. The van der Waals surface area contributed by atoms with Crippen molar-refractivity contribution in [2.75, 3.05) is 11.4 Å². The zero-order valence-electron chi connectivity index (χ0n) is 10.1. The fourth-order valence-corrected chi connectivity index (χ4v) is 2.46. The molecule has 1 saturated heterocycles. The number of nitrogens with zero attached hydrogens (tertiary/aromatic N) is 2. The summed E-state index contributed by atoms with van der Waals surface area (Å²) in [7, 11) is 0. The monoisotopic (exact) mass is 247 g/mol. The van der Waals surface area contributed by atoms with Crippen molar-refractivity contribution in [3.63, 3.8) is 0 Å². The molecule has 18 heavy (non-hydrogen) atoms. The molecule has 2 unspecified atom stereocenters. The number of carbonyl (C=O) groups is 1. The van der Waals surface area contributed by atoms with Crippen molar-refractivity contribution in [2.45, 2.75) is 19.4 Å². The average Bonchev–Trinajstić information content (AvgIpc) is 2.72. The molecule has 2 atom stereocenters. The van der Waals surface area contributed by atoms with Crippen LogP contribution in [0.4, 0.5) is 10.1 Å². The lowest BCUT2D eigenvalue weighted by Crippen LogP contribution is -2.35. The zero-order chi connectivity index (χ0) is 13.3. The molecule has 0 aromatic heterocycles. The molecular weight excluding hydrogens is 233 g/mol. The van der Waals surface area contributed by atoms with Gasteiger partial charge in [-0.3, -0.25) is 4.79 Å². The van der Waals surface area contributed by atoms with Crippen molar-refractivity contribution in [3.05, 3.63) is 29.6 Å². The van der Waals surface area contributed by atoms with E-state index in [1.807, 2.05) is 17.9 Å². The highest BCUT2D eigenvalue weighted by Crippen LogP contribution is 2.30. The topological polar surface area (TPSA) is 70.1 Å². The Morgan fingerprint density at radius 3 is 2.89 bits per heavy atom. The van der Waals surface area contributed by atoms with Crippen LogP contribution in [-0.4, -0.2) is 18.5 Å². The van der Waals surface area contributed by atoms with Crippen molar-refractivity contribution in [3.8, 4) is 6.07 Å². The molecular formula is C13H14FN3O. The predicted molar refractivity (Wildman–Crippen MR) is 65.2 cm³/mol. The molecule has 1 fully saturated rings. The molecule has 2 rings (SSSR count). The number of benzene rings is 1. The van der Waals surface area contributed by atoms with E-state index in [2.05, 4.69) is 0 Å². The van der Waals surface area contributed by atoms with E-state index in [4.69, 9.17) is 11.0 Å². The normalized spacial score (nSPS) is 22.8. The van der Waals surface area contributed by atoms with Gasteiger partial charge in [-0.25, -0.2) is 4.39 Å². The SMILES string of the molecule is CC1C(C(N)=O)CCN1c1ccc(F)c(C#N)c1. The number of halogens is 1. The highest BCUT2D eigenvalue weighted by molar-refractivity contribution is 5.79. The lowest BCUT2D eigenvalue weighted by atomic mass is 10.0. The predicted octanol–water partition coefficient (Wildman–Crippen LogP) is 1.40. The maximum atomic E-state index is 13.2. The fourth-order valence-electron chi connectivity index (χ4n) is 2.46. The summed E-state index contributed by atoms with van der Waals surface area (Å²) in [6, 6.07) is 6.19. The highest BCUT2D eigenvalue weighted by atomic mass is 19.1. The molecule has 1 aliphatic heterocycles. The van der Waals surface area contributed by atoms with Gasteiger partial charge in [0.05, 0.1) is 11.5 Å². The number of amides is 1. The van der Waals surface area contributed by atoms with Gasteiger partial charge in [-0.1, -0.05) is 0 Å². The highest BCUT2D eigenvalue weighted by Gasteiger charge is 2.34. The van der Waals surface area contributed by atoms with E-state index < -0.39 is 5.82 Å². The van der Waals surface area contributed by atoms with Gasteiger partial charge in [0.1, 0.15) is 11.9 Å². The van der Waals surface area contributed by atoms with Crippen LogP contribution in [0.1, 0.15) is 18.9 Å². The van der Waals surface area contributed by atoms with Crippen molar-refractivity contribution in [1.82, 2.24) is 0 Å². The molecule has 2 N–H and O–H groups in total. The molecule has 0 spiro atoms. The summed E-state index contributed by atoms with van der Waals surface area (Å²) in [5.74, 6) is -1.03. The van der Waals surface area contributed by atoms with E-state index in [0.717, 1.165) is 5.69 Å². The lowest BCUT2D eigenvalue weighted by Gasteiger charge is -2.25. The van der Waals surface area contributed by atoms with Gasteiger partial charge in [0.25, 0.3) is 0 Å². The molecule has 1 aliphatic rings. The Morgan fingerprint density at radius 2 is 2.33 bits per heavy atom. The Morgan fingerprint density at radius 1 is 1.61 bits per heavy atom. The van der Waals surface area contributed by atoms with Gasteiger partial charge in [0.15, 0.2) is 0 Å². The largest absolute Gasteiger partial charge is 0.369 e. The first kappa shape index (κ1) is 12.4. The van der Waals surface area contributed by atoms with Crippen LogP contribution in [0.15, 0.2) is 18.2 Å². The first-order chi connectivity index (χ1) is 8.54. The van der Waals surface area contributed by atoms with Gasteiger partial charge in [-0.2, -0.15) is 5.26 Å². The van der Waals surface area contributed by atoms with E-state index in [-0.39, 0.29) is 23.4 Å². The number of anilines is 1. The summed E-state index contributed by atoms with van der Waals surface area (Å²) in [4.78, 5) is 13.2. The Kier molecular flexibility index (Phi) is 3.19. The Hall–Kier alpha value is -2.09. The number of carbonyl (C=O) groups excluding carboxylic acids is 1. The molecule has 4 nitrogen and oxygen atoms in total. The number of primary amides is 1. The third-order valence-electron chi connectivity index (χ3n) is 3.52. The van der Waals surface area contributed by atoms with Crippen LogP contribution in [0, 0.1) is 23.1 Å². The first-order valence-corrected chi connectivity index (χ1v) is 5.80. The number of rotatable bonds is 2. The summed E-state index contributed by atoms with van der Waals surface area (Å²) in [5.41, 5.74) is 6.10. The molecule has 1 aromatic carbocycles. The van der Waals surface area contributed by atoms with Crippen LogP contribution in [0.25, 0.3) is 0 Å². The van der Waals surface area contributed by atoms with Crippen LogP contribution in [0.5, 0.6) is 0 Å². The standard InChI is InChI=1S/C13H14FN3O/c1-8-11(13(16)18)4-5-17(8)10-2-3-12(14)9(6-10)7-15/h2-3,6,8,11H,4-5H2,1H3,(H2,16,18). The van der Waals surface area contributed by atoms with Gasteiger partial charge in [-0.05, 0) is 31.5 Å². The Bertz CT molecular complexity index is 523. The minimum atomic E-state index is -0.528. The van der Waals surface area contributed by atoms with Gasteiger partial charge >= 0.3 is 0 Å². The van der Waals surface area contributed by atoms with E-state index in [1.54, 1.807) is 6.07 Å². The maximum Gasteiger partial charge on any atom is 0.222 e. The summed E-state index contributed by atoms with van der Waals surface area (Å²) in [6.07, 6.45) is 0.690. The average molecular weight is 247 g/mol. The molecule has 1 amide bonds. The van der Waals surface area contributed by atoms with Crippen LogP contribution in [-0.2, 0) is 4.79 Å². The summed E-state index contributed by atoms with van der Waals surface area (Å²) < 4.78 is 13.2. The molecule has 0 saturated carbocycles. The van der Waals surface area contributed by atoms with E-state index in [0.29, 0.717) is 13.0 Å². The molecule has 0 aliphatic carbocycles. The van der Waals surface area contributed by atoms with Crippen molar-refractivity contribution >= 4 is 11.6 Å². The van der Waals surface area contributed by atoms with Crippen LogP contribution in [0.2, 0.25) is 0 Å². The third-order valence-corrected chi connectivity index (χ3v) is 3.52. The Labute approximate surface area is 105 Å². The molecule has 1 aromatic rings. The quantitative estimate of drug-likeness (QED) is 0.858. The fraction of sp³-hybridized carbons (Fsp3) is 0.385. The number of nitriles is 1. The maximum absolute atomic E-state index is 13.2. The molecule has 0 radical (unpaired) electrons. The number of hydrogen-bond acceptors (Lipinski definition) is 3. The smallest absolute Gasteiger partial charge is 0.222 e. The second-order valence-corrected chi connectivity index (χ2v) is 4.51. The Balaban J connectivity index is 2.29. The number of hydrogen-bond donors (Lipinski definition) is 1. The summed E-state index contributed by atoms with van der Waals surface area (Å²) >= 11 is 0. The van der Waals surface area contributed by atoms with Crippen molar-refractivity contribution < 1.29 is 9.18 Å². The van der Waals surface area contributed by atoms with Gasteiger partial charge in [0, 0.05) is 18.3 Å². The molecule has 5 heteroatoms. The summed E-state index contributed by atoms with van der Waals surface area (Å²) in [6.45, 7) is 2.60. The van der Waals surface area contributed by atoms with Crippen LogP contribution in [0.3, 0.4) is 0 Å². The zero-order valence-corrected chi connectivity index (χ0v) is 10.1. The van der Waals surface area contributed by atoms with Crippen molar-refractivity contribution in [2.24, 2.45) is 11.7 Å². The van der Waals surface area contributed by atoms with Crippen LogP contribution < -0.4 is 10.6 Å². The van der Waals surface area contributed by atoms with E-state index in [9.17, 15) is 9.18 Å². The summed E-state index contributed by atoms with van der Waals surface area (Å²) in [5, 5.41) is 8.81. The van der Waals surface area contributed by atoms with E-state index in [1.165, 1.54) is 12.1 Å². The molecule has 94 valence electrons. The van der Waals surface area contributed by atoms with Crippen molar-refractivity contribution in [1.29, 1.82) is 5.26 Å². The van der Waals surface area contributed by atoms with Crippen LogP contribution >= 0.6 is 0 Å². The molecule has 1 heterocycles. The third kappa shape index (κ3) is 2.02. The molecule has 0 bridgehead atoms.